The third kappa shape index (κ3) is 4.27. The highest BCUT2D eigenvalue weighted by molar-refractivity contribution is 5.99. The first-order valence-corrected chi connectivity index (χ1v) is 11.0. The molecule has 0 N–H and O–H groups in total. The first kappa shape index (κ1) is 21.4. The van der Waals surface area contributed by atoms with Crippen LogP contribution < -0.4 is 0 Å². The van der Waals surface area contributed by atoms with Gasteiger partial charge in [-0.15, -0.1) is 0 Å². The van der Waals surface area contributed by atoms with Gasteiger partial charge in [0.1, 0.15) is 5.58 Å². The minimum Gasteiger partial charge on any atom is -0.451 e. The Balaban J connectivity index is 1.24. The van der Waals surface area contributed by atoms with Gasteiger partial charge in [-0.3, -0.25) is 9.69 Å². The number of carbonyl (C=O) groups excluding carboxylic acids is 1. The van der Waals surface area contributed by atoms with Crippen LogP contribution >= 0.6 is 0 Å². The summed E-state index contributed by atoms with van der Waals surface area (Å²) in [5.74, 6) is 1.45. The van der Waals surface area contributed by atoms with Crippen molar-refractivity contribution in [2.24, 2.45) is 0 Å². The zero-order valence-corrected chi connectivity index (χ0v) is 18.8. The molecule has 1 amide bonds. The van der Waals surface area contributed by atoms with Crippen molar-refractivity contribution in [1.29, 1.82) is 0 Å². The SMILES string of the molecule is COCc1c(C(=O)N2CCN(Cc3nc(-c4ccccc4C)no3)CC2)oc2ccccc12. The highest BCUT2D eigenvalue weighted by Crippen LogP contribution is 2.28. The van der Waals surface area contributed by atoms with Crippen LogP contribution in [0, 0.1) is 6.92 Å². The van der Waals surface area contributed by atoms with Crippen LogP contribution in [0.2, 0.25) is 0 Å². The molecule has 0 radical (unpaired) electrons. The Bertz CT molecular complexity index is 1270. The number of methoxy groups -OCH3 is 1. The maximum Gasteiger partial charge on any atom is 0.290 e. The van der Waals surface area contributed by atoms with Crippen LogP contribution in [0.3, 0.4) is 0 Å². The van der Waals surface area contributed by atoms with Crippen molar-refractivity contribution < 1.29 is 18.5 Å². The van der Waals surface area contributed by atoms with E-state index in [0.29, 0.717) is 62.4 Å². The second-order valence-corrected chi connectivity index (χ2v) is 8.23. The molecule has 1 saturated heterocycles. The lowest BCUT2D eigenvalue weighted by atomic mass is 10.1. The first-order valence-electron chi connectivity index (χ1n) is 11.0. The molecule has 5 rings (SSSR count). The number of nitrogens with zero attached hydrogens (tertiary/aromatic N) is 4. The van der Waals surface area contributed by atoms with E-state index in [9.17, 15) is 4.79 Å². The summed E-state index contributed by atoms with van der Waals surface area (Å²) in [4.78, 5) is 21.9. The maximum absolute atomic E-state index is 13.2. The normalized spacial score (nSPS) is 14.8. The van der Waals surface area contributed by atoms with Crippen LogP contribution in [0.25, 0.3) is 22.4 Å². The number of fused-ring (bicyclic) bond motifs is 1. The second-order valence-electron chi connectivity index (χ2n) is 8.23. The van der Waals surface area contributed by atoms with E-state index in [0.717, 1.165) is 22.1 Å². The topological polar surface area (TPSA) is 84.8 Å². The molecular weight excluding hydrogens is 420 g/mol. The van der Waals surface area contributed by atoms with Gasteiger partial charge in [-0.25, -0.2) is 0 Å². The van der Waals surface area contributed by atoms with E-state index < -0.39 is 0 Å². The van der Waals surface area contributed by atoms with E-state index >= 15 is 0 Å². The quantitative estimate of drug-likeness (QED) is 0.444. The summed E-state index contributed by atoms with van der Waals surface area (Å²) in [5.41, 5.74) is 3.58. The lowest BCUT2D eigenvalue weighted by molar-refractivity contribution is 0.0581. The largest absolute Gasteiger partial charge is 0.451 e. The lowest BCUT2D eigenvalue weighted by Gasteiger charge is -2.33. The predicted octanol–water partition coefficient (Wildman–Crippen LogP) is 3.90. The van der Waals surface area contributed by atoms with Gasteiger partial charge in [0.2, 0.25) is 11.7 Å². The van der Waals surface area contributed by atoms with E-state index in [1.54, 1.807) is 7.11 Å². The molecule has 1 fully saturated rings. The molecule has 2 aromatic carbocycles. The van der Waals surface area contributed by atoms with Crippen molar-refractivity contribution in [3.8, 4) is 11.4 Å². The first-order chi connectivity index (χ1) is 16.1. The Morgan fingerprint density at radius 3 is 2.61 bits per heavy atom. The molecule has 0 bridgehead atoms. The molecule has 1 aliphatic heterocycles. The number of piperazine rings is 1. The molecule has 0 unspecified atom stereocenters. The number of amides is 1. The Hall–Kier alpha value is -3.49. The molecule has 170 valence electrons. The fourth-order valence-electron chi connectivity index (χ4n) is 4.26. The summed E-state index contributed by atoms with van der Waals surface area (Å²) in [6.07, 6.45) is 0. The zero-order valence-electron chi connectivity index (χ0n) is 18.8. The maximum atomic E-state index is 13.2. The molecule has 3 heterocycles. The monoisotopic (exact) mass is 446 g/mol. The molecule has 4 aromatic rings. The number of aryl methyl sites for hydroxylation is 1. The number of benzene rings is 2. The van der Waals surface area contributed by atoms with Crippen LogP contribution in [-0.4, -0.2) is 59.1 Å². The van der Waals surface area contributed by atoms with Gasteiger partial charge in [0, 0.05) is 49.8 Å². The number of rotatable bonds is 6. The van der Waals surface area contributed by atoms with E-state index in [1.807, 2.05) is 60.4 Å². The third-order valence-corrected chi connectivity index (χ3v) is 6.05. The van der Waals surface area contributed by atoms with E-state index in [-0.39, 0.29) is 5.91 Å². The standard InChI is InChI=1S/C25H26N4O4/c1-17-7-3-4-8-18(17)24-26-22(33-27-24)15-28-11-13-29(14-12-28)25(30)23-20(16-31-2)19-9-5-6-10-21(19)32-23/h3-10H,11-16H2,1-2H3. The third-order valence-electron chi connectivity index (χ3n) is 6.05. The van der Waals surface area contributed by atoms with Gasteiger partial charge < -0.3 is 18.6 Å². The fourth-order valence-corrected chi connectivity index (χ4v) is 4.26. The summed E-state index contributed by atoms with van der Waals surface area (Å²) in [6.45, 7) is 5.55. The number of ether oxygens (including phenoxy) is 1. The molecule has 0 saturated carbocycles. The fraction of sp³-hybridized carbons (Fsp3) is 0.320. The van der Waals surface area contributed by atoms with Crippen molar-refractivity contribution >= 4 is 16.9 Å². The van der Waals surface area contributed by atoms with Gasteiger partial charge >= 0.3 is 0 Å². The molecule has 0 aliphatic carbocycles. The zero-order chi connectivity index (χ0) is 22.8. The van der Waals surface area contributed by atoms with Crippen molar-refractivity contribution in [1.82, 2.24) is 19.9 Å². The van der Waals surface area contributed by atoms with Crippen molar-refractivity contribution in [2.45, 2.75) is 20.1 Å². The summed E-state index contributed by atoms with van der Waals surface area (Å²) >= 11 is 0. The summed E-state index contributed by atoms with van der Waals surface area (Å²) in [6, 6.07) is 15.6. The Labute approximate surface area is 191 Å². The van der Waals surface area contributed by atoms with Crippen LogP contribution in [0.4, 0.5) is 0 Å². The Morgan fingerprint density at radius 2 is 1.82 bits per heavy atom. The van der Waals surface area contributed by atoms with Gasteiger partial charge in [-0.2, -0.15) is 4.98 Å². The average Bonchev–Trinajstić information content (AvgIpc) is 3.45. The number of carbonyl (C=O) groups is 1. The molecule has 8 nitrogen and oxygen atoms in total. The van der Waals surface area contributed by atoms with Crippen molar-refractivity contribution in [3.05, 3.63) is 71.3 Å². The molecule has 33 heavy (non-hydrogen) atoms. The average molecular weight is 447 g/mol. The number of furan rings is 1. The van der Waals surface area contributed by atoms with E-state index in [4.69, 9.17) is 13.7 Å². The van der Waals surface area contributed by atoms with Crippen molar-refractivity contribution in [3.63, 3.8) is 0 Å². The minimum absolute atomic E-state index is 0.0995. The predicted molar refractivity (Wildman–Crippen MR) is 123 cm³/mol. The molecule has 0 atom stereocenters. The number of para-hydroxylation sites is 1. The molecule has 2 aromatic heterocycles. The number of hydrogen-bond acceptors (Lipinski definition) is 7. The number of aromatic nitrogens is 2. The summed E-state index contributed by atoms with van der Waals surface area (Å²) < 4.78 is 16.7. The smallest absolute Gasteiger partial charge is 0.290 e. The van der Waals surface area contributed by atoms with Crippen LogP contribution in [0.5, 0.6) is 0 Å². The lowest BCUT2D eigenvalue weighted by Crippen LogP contribution is -2.48. The van der Waals surface area contributed by atoms with E-state index in [1.165, 1.54) is 0 Å². The van der Waals surface area contributed by atoms with E-state index in [2.05, 4.69) is 15.0 Å². The Morgan fingerprint density at radius 1 is 1.06 bits per heavy atom. The van der Waals surface area contributed by atoms with Crippen LogP contribution in [0.1, 0.15) is 27.6 Å². The molecule has 1 aliphatic rings. The molecule has 8 heteroatoms. The van der Waals surface area contributed by atoms with Crippen molar-refractivity contribution in [2.75, 3.05) is 33.3 Å². The summed E-state index contributed by atoms with van der Waals surface area (Å²) in [7, 11) is 1.62. The summed E-state index contributed by atoms with van der Waals surface area (Å²) in [5, 5.41) is 5.06. The van der Waals surface area contributed by atoms with Crippen LogP contribution in [-0.2, 0) is 17.9 Å². The van der Waals surface area contributed by atoms with Gasteiger partial charge in [0.05, 0.1) is 13.2 Å². The van der Waals surface area contributed by atoms with Gasteiger partial charge in [-0.1, -0.05) is 47.6 Å². The highest BCUT2D eigenvalue weighted by atomic mass is 16.5. The Kier molecular flexibility index (Phi) is 5.93. The van der Waals surface area contributed by atoms with Gasteiger partial charge in [0.25, 0.3) is 5.91 Å². The molecule has 0 spiro atoms. The highest BCUT2D eigenvalue weighted by Gasteiger charge is 2.28. The second kappa shape index (κ2) is 9.17. The van der Waals surface area contributed by atoms with Gasteiger partial charge in [0.15, 0.2) is 5.76 Å². The minimum atomic E-state index is -0.0995. The van der Waals surface area contributed by atoms with Gasteiger partial charge in [-0.05, 0) is 18.6 Å². The molecular formula is C25H26N4O4. The van der Waals surface area contributed by atoms with Crippen LogP contribution in [0.15, 0.2) is 57.5 Å². The number of hydrogen-bond donors (Lipinski definition) is 0.